The van der Waals surface area contributed by atoms with Crippen LogP contribution in [-0.2, 0) is 22.6 Å². The van der Waals surface area contributed by atoms with Crippen molar-refractivity contribution in [2.45, 2.75) is 46.6 Å². The third kappa shape index (κ3) is 8.58. The summed E-state index contributed by atoms with van der Waals surface area (Å²) >= 11 is 0. The number of aromatic nitrogens is 1. The monoisotopic (exact) mass is 585 g/mol. The first-order chi connectivity index (χ1) is 20.6. The summed E-state index contributed by atoms with van der Waals surface area (Å²) in [5.74, 6) is -0.785. The minimum Gasteiger partial charge on any atom is -0.490 e. The molecule has 0 spiro atoms. The van der Waals surface area contributed by atoms with Crippen molar-refractivity contribution in [3.63, 3.8) is 0 Å². The maximum Gasteiger partial charge on any atom is 0.323 e. The number of carboxylic acid groups (broad SMARTS) is 2. The predicted octanol–water partition coefficient (Wildman–Crippen LogP) is 7.38. The van der Waals surface area contributed by atoms with Crippen molar-refractivity contribution >= 4 is 35.0 Å². The first-order valence-electron chi connectivity index (χ1n) is 14.1. The summed E-state index contributed by atoms with van der Waals surface area (Å²) in [4.78, 5) is 22.5. The van der Waals surface area contributed by atoms with Crippen LogP contribution < -0.4 is 9.47 Å². The quantitative estimate of drug-likeness (QED) is 0.118. The summed E-state index contributed by atoms with van der Waals surface area (Å²) in [6.07, 6.45) is 9.83. The van der Waals surface area contributed by atoms with E-state index >= 15 is 0 Å². The number of nitrogens with zero attached hydrogens (tertiary/aromatic N) is 1. The molecule has 0 aliphatic heterocycles. The number of hydrogen-bond donors (Lipinski definition) is 2. The maximum absolute atomic E-state index is 14.6. The molecule has 0 aliphatic rings. The molecule has 2 N–H and O–H groups in total. The van der Waals surface area contributed by atoms with E-state index < -0.39 is 17.8 Å². The van der Waals surface area contributed by atoms with Gasteiger partial charge in [-0.15, -0.1) is 0 Å². The van der Waals surface area contributed by atoms with Gasteiger partial charge in [-0.1, -0.05) is 42.0 Å². The molecule has 43 heavy (non-hydrogen) atoms. The second-order valence-electron chi connectivity index (χ2n) is 10.5. The number of ether oxygens (including phenoxy) is 2. The van der Waals surface area contributed by atoms with Gasteiger partial charge in [0.25, 0.3) is 0 Å². The zero-order valence-electron chi connectivity index (χ0n) is 24.6. The number of carbonyl (C=O) groups is 2. The zero-order chi connectivity index (χ0) is 30.9. The molecule has 3 aromatic carbocycles. The molecule has 0 atom stereocenters. The summed E-state index contributed by atoms with van der Waals surface area (Å²) in [5, 5.41) is 19.0. The molecule has 0 unspecified atom stereocenters. The molecule has 4 rings (SSSR count). The lowest BCUT2D eigenvalue weighted by molar-refractivity contribution is -0.138. The average Bonchev–Trinajstić information content (AvgIpc) is 3.26. The number of aryl methyl sites for hydroxylation is 4. The highest BCUT2D eigenvalue weighted by Gasteiger charge is 2.15. The van der Waals surface area contributed by atoms with Gasteiger partial charge in [0.05, 0.1) is 5.52 Å². The molecule has 0 fully saturated rings. The van der Waals surface area contributed by atoms with Crippen molar-refractivity contribution in [1.29, 1.82) is 0 Å². The van der Waals surface area contributed by atoms with Gasteiger partial charge in [-0.05, 0) is 92.3 Å². The van der Waals surface area contributed by atoms with Gasteiger partial charge >= 0.3 is 11.9 Å². The van der Waals surface area contributed by atoms with Crippen LogP contribution in [0.15, 0.2) is 66.9 Å². The van der Waals surface area contributed by atoms with Gasteiger partial charge in [0.2, 0.25) is 0 Å². The molecule has 1 heterocycles. The highest BCUT2D eigenvalue weighted by molar-refractivity contribution is 5.94. The summed E-state index contributed by atoms with van der Waals surface area (Å²) in [6, 6.07) is 14.4. The molecule has 0 aliphatic carbocycles. The largest absolute Gasteiger partial charge is 0.490 e. The van der Waals surface area contributed by atoms with Crippen LogP contribution in [0.5, 0.6) is 11.5 Å². The van der Waals surface area contributed by atoms with E-state index in [1.807, 2.05) is 56.3 Å². The van der Waals surface area contributed by atoms with Gasteiger partial charge < -0.3 is 24.3 Å². The molecule has 7 nitrogen and oxygen atoms in total. The smallest absolute Gasteiger partial charge is 0.323 e. The normalized spacial score (nSPS) is 11.5. The minimum absolute atomic E-state index is 0.0223. The molecule has 8 heteroatoms. The lowest BCUT2D eigenvalue weighted by Gasteiger charge is -2.11. The van der Waals surface area contributed by atoms with Crippen LogP contribution in [0.2, 0.25) is 0 Å². The van der Waals surface area contributed by atoms with E-state index in [1.165, 1.54) is 17.7 Å². The first-order valence-corrected chi connectivity index (χ1v) is 14.1. The van der Waals surface area contributed by atoms with E-state index in [4.69, 9.17) is 14.6 Å². The number of hydrogen-bond acceptors (Lipinski definition) is 4. The fraction of sp³-hybridized carbons (Fsp3) is 0.257. The first kappa shape index (κ1) is 31.1. The van der Waals surface area contributed by atoms with E-state index in [9.17, 15) is 19.1 Å². The SMILES string of the molecule is Cc1cc(C)c(OC/C=C/COc2ccc(/C=C/c3cc(F)cc4c(CCCC(=O)O)cn(CC(=O)O)c34)cc2)c(C)c1. The molecule has 0 amide bonds. The highest BCUT2D eigenvalue weighted by atomic mass is 19.1. The van der Waals surface area contributed by atoms with E-state index in [-0.39, 0.29) is 13.0 Å². The summed E-state index contributed by atoms with van der Waals surface area (Å²) in [7, 11) is 0. The molecular formula is C35H36FNO6. The van der Waals surface area contributed by atoms with Crippen molar-refractivity contribution < 1.29 is 33.7 Å². The number of rotatable bonds is 14. The van der Waals surface area contributed by atoms with E-state index in [0.29, 0.717) is 53.8 Å². The molecule has 224 valence electrons. The average molecular weight is 586 g/mol. The maximum atomic E-state index is 14.6. The molecule has 1 aromatic heterocycles. The van der Waals surface area contributed by atoms with Gasteiger partial charge in [-0.3, -0.25) is 9.59 Å². The number of carboxylic acids is 2. The van der Waals surface area contributed by atoms with Crippen LogP contribution in [0.4, 0.5) is 4.39 Å². The molecule has 0 saturated heterocycles. The third-order valence-electron chi connectivity index (χ3n) is 6.97. The molecule has 0 radical (unpaired) electrons. The fourth-order valence-corrected chi connectivity index (χ4v) is 5.20. The van der Waals surface area contributed by atoms with Crippen LogP contribution in [0.3, 0.4) is 0 Å². The summed E-state index contributed by atoms with van der Waals surface area (Å²) < 4.78 is 27.9. The van der Waals surface area contributed by atoms with Gasteiger partial charge in [0, 0.05) is 23.6 Å². The van der Waals surface area contributed by atoms with Crippen molar-refractivity contribution in [2.75, 3.05) is 13.2 Å². The van der Waals surface area contributed by atoms with Gasteiger partial charge in [0.1, 0.15) is 37.1 Å². The Labute approximate surface area is 250 Å². The van der Waals surface area contributed by atoms with Crippen LogP contribution >= 0.6 is 0 Å². The Balaban J connectivity index is 1.40. The zero-order valence-corrected chi connectivity index (χ0v) is 24.6. The number of aliphatic carboxylic acids is 2. The topological polar surface area (TPSA) is 98.0 Å². The van der Waals surface area contributed by atoms with E-state index in [1.54, 1.807) is 16.8 Å². The van der Waals surface area contributed by atoms with Crippen LogP contribution in [0, 0.1) is 26.6 Å². The lowest BCUT2D eigenvalue weighted by atomic mass is 10.0. The van der Waals surface area contributed by atoms with Crippen LogP contribution in [-0.4, -0.2) is 39.9 Å². The van der Waals surface area contributed by atoms with Gasteiger partial charge in [-0.2, -0.15) is 0 Å². The predicted molar refractivity (Wildman–Crippen MR) is 166 cm³/mol. The molecule has 0 saturated carbocycles. The third-order valence-corrected chi connectivity index (χ3v) is 6.97. The molecule has 4 aromatic rings. The van der Waals surface area contributed by atoms with Crippen molar-refractivity contribution in [3.05, 3.63) is 106 Å². The van der Waals surface area contributed by atoms with E-state index in [2.05, 4.69) is 19.1 Å². The Morgan fingerprint density at radius 1 is 0.884 bits per heavy atom. The summed E-state index contributed by atoms with van der Waals surface area (Å²) in [6.45, 7) is 6.70. The molecular weight excluding hydrogens is 549 g/mol. The number of fused-ring (bicyclic) bond motifs is 1. The van der Waals surface area contributed by atoms with Crippen LogP contribution in [0.1, 0.15) is 46.2 Å². The molecule has 0 bridgehead atoms. The van der Waals surface area contributed by atoms with E-state index in [0.717, 1.165) is 22.4 Å². The Kier molecular flexibility index (Phi) is 10.4. The van der Waals surface area contributed by atoms with Crippen LogP contribution in [0.25, 0.3) is 23.1 Å². The Morgan fingerprint density at radius 2 is 1.56 bits per heavy atom. The fourth-order valence-electron chi connectivity index (χ4n) is 5.20. The Hall–Kier alpha value is -4.85. The van der Waals surface area contributed by atoms with Crippen molar-refractivity contribution in [3.8, 4) is 11.5 Å². The van der Waals surface area contributed by atoms with Crippen molar-refractivity contribution in [1.82, 2.24) is 4.57 Å². The van der Waals surface area contributed by atoms with Crippen molar-refractivity contribution in [2.24, 2.45) is 0 Å². The summed E-state index contributed by atoms with van der Waals surface area (Å²) in [5.41, 5.74) is 6.14. The highest BCUT2D eigenvalue weighted by Crippen LogP contribution is 2.29. The Morgan fingerprint density at radius 3 is 2.21 bits per heavy atom. The Bertz CT molecular complexity index is 1640. The number of halogens is 1. The van der Waals surface area contributed by atoms with Gasteiger partial charge in [0.15, 0.2) is 0 Å². The minimum atomic E-state index is -1.03. The lowest BCUT2D eigenvalue weighted by Crippen LogP contribution is -2.08. The second kappa shape index (κ2) is 14.4. The number of benzene rings is 3. The standard InChI is InChI=1S/C35H36FNO6/c1-23-17-24(2)35(25(3)18-23)43-16-5-4-15-42-30-13-10-26(11-14-30)9-12-27-19-29(36)20-31-28(7-6-8-32(38)39)21-37(34(27)31)22-33(40)41/h4-5,9-14,17-21H,6-8,15-16,22H2,1-3H3,(H,38,39)(H,40,41)/b5-4+,12-9+. The van der Waals surface area contributed by atoms with Gasteiger partial charge in [-0.25, -0.2) is 4.39 Å². The second-order valence-corrected chi connectivity index (χ2v) is 10.5.